The van der Waals surface area contributed by atoms with Crippen LogP contribution in [0.15, 0.2) is 47.5 Å². The predicted octanol–water partition coefficient (Wildman–Crippen LogP) is 1.43. The van der Waals surface area contributed by atoms with E-state index in [1.807, 2.05) is 0 Å². The zero-order chi connectivity index (χ0) is 24.4. The number of imide groups is 1. The molecule has 3 aliphatic heterocycles. The van der Waals surface area contributed by atoms with E-state index in [2.05, 4.69) is 0 Å². The summed E-state index contributed by atoms with van der Waals surface area (Å²) in [4.78, 5) is 41.4. The van der Waals surface area contributed by atoms with Gasteiger partial charge in [0.1, 0.15) is 5.69 Å². The van der Waals surface area contributed by atoms with Gasteiger partial charge in [0, 0.05) is 19.2 Å². The molecule has 2 fully saturated rings. The highest BCUT2D eigenvalue weighted by molar-refractivity contribution is 7.86. The Kier molecular flexibility index (Phi) is 4.97. The normalized spacial score (nSPS) is 25.9. The summed E-state index contributed by atoms with van der Waals surface area (Å²) in [5, 5.41) is 11.0. The topological polar surface area (TPSA) is 139 Å². The van der Waals surface area contributed by atoms with Crippen molar-refractivity contribution >= 4 is 28.1 Å². The Morgan fingerprint density at radius 3 is 2.59 bits per heavy atom. The predicted molar refractivity (Wildman–Crippen MR) is 113 cm³/mol. The maximum Gasteiger partial charge on any atom is 0.419 e. The molecular formula is C21H22N4O8S. The number of aliphatic hydroxyl groups is 1. The lowest BCUT2D eigenvalue weighted by Gasteiger charge is -2.46. The van der Waals surface area contributed by atoms with E-state index in [-0.39, 0.29) is 30.2 Å². The molecule has 2 aromatic rings. The minimum absolute atomic E-state index is 0.0470. The number of nitrogens with zero attached hydrogens (tertiary/aromatic N) is 4. The molecule has 1 aromatic heterocycles. The average molecular weight is 490 g/mol. The van der Waals surface area contributed by atoms with Gasteiger partial charge in [-0.25, -0.2) is 14.5 Å². The summed E-state index contributed by atoms with van der Waals surface area (Å²) in [7, 11) is -4.55. The lowest BCUT2D eigenvalue weighted by molar-refractivity contribution is -0.144. The van der Waals surface area contributed by atoms with Gasteiger partial charge in [0.25, 0.3) is 5.91 Å². The molecule has 0 unspecified atom stereocenters. The fourth-order valence-electron chi connectivity index (χ4n) is 4.85. The second kappa shape index (κ2) is 7.55. The summed E-state index contributed by atoms with van der Waals surface area (Å²) < 4.78 is 38.1. The molecule has 13 heteroatoms. The van der Waals surface area contributed by atoms with E-state index in [1.165, 1.54) is 33.9 Å². The van der Waals surface area contributed by atoms with Crippen LogP contribution in [0.3, 0.4) is 0 Å². The van der Waals surface area contributed by atoms with Gasteiger partial charge >= 0.3 is 22.2 Å². The number of hydrogen-bond donors (Lipinski definition) is 1. The highest BCUT2D eigenvalue weighted by atomic mass is 32.2. The van der Waals surface area contributed by atoms with E-state index >= 15 is 0 Å². The number of fused-ring (bicyclic) bond motifs is 2. The maximum atomic E-state index is 13.6. The second-order valence-electron chi connectivity index (χ2n) is 8.31. The van der Waals surface area contributed by atoms with Crippen molar-refractivity contribution in [2.24, 2.45) is 0 Å². The van der Waals surface area contributed by atoms with Crippen LogP contribution in [0, 0.1) is 6.92 Å². The number of carbonyl (C=O) groups excluding carboxylic acids is 3. The quantitative estimate of drug-likeness (QED) is 0.679. The number of hydrogen-bond acceptors (Lipinski definition) is 8. The van der Waals surface area contributed by atoms with E-state index in [9.17, 15) is 27.9 Å². The van der Waals surface area contributed by atoms with Crippen molar-refractivity contribution in [1.29, 1.82) is 0 Å². The van der Waals surface area contributed by atoms with Crippen LogP contribution >= 0.6 is 0 Å². The average Bonchev–Trinajstić information content (AvgIpc) is 3.45. The molecule has 12 nitrogen and oxygen atoms in total. The summed E-state index contributed by atoms with van der Waals surface area (Å²) in [5.74, 6) is -0.544. The van der Waals surface area contributed by atoms with Crippen LogP contribution < -0.4 is 0 Å². The first-order valence-electron chi connectivity index (χ1n) is 10.6. The molecular weight excluding hydrogens is 468 g/mol. The Balaban J connectivity index is 1.68. The van der Waals surface area contributed by atoms with E-state index in [4.69, 9.17) is 9.02 Å². The summed E-state index contributed by atoms with van der Waals surface area (Å²) in [6, 6.07) is 7.72. The number of rotatable bonds is 4. The Hall–Kier alpha value is -3.42. The number of benzene rings is 1. The summed E-state index contributed by atoms with van der Waals surface area (Å²) in [6.45, 7) is 3.10. The van der Waals surface area contributed by atoms with Crippen molar-refractivity contribution < 1.29 is 36.9 Å². The van der Waals surface area contributed by atoms with Gasteiger partial charge in [-0.05, 0) is 38.1 Å². The van der Waals surface area contributed by atoms with Crippen LogP contribution in [0.1, 0.15) is 35.6 Å². The van der Waals surface area contributed by atoms with Crippen molar-refractivity contribution in [3.05, 3.63) is 53.9 Å². The van der Waals surface area contributed by atoms with Gasteiger partial charge < -0.3 is 19.3 Å². The van der Waals surface area contributed by atoms with Gasteiger partial charge in [-0.3, -0.25) is 4.79 Å². The van der Waals surface area contributed by atoms with Crippen LogP contribution in [-0.2, 0) is 19.1 Å². The third-order valence-electron chi connectivity index (χ3n) is 6.24. The number of ether oxygens (including phenoxy) is 1. The molecule has 0 aliphatic carbocycles. The first-order chi connectivity index (χ1) is 16.1. The number of aromatic nitrogens is 1. The molecule has 0 radical (unpaired) electrons. The van der Waals surface area contributed by atoms with Crippen molar-refractivity contribution in [3.8, 4) is 0 Å². The lowest BCUT2D eigenvalue weighted by atomic mass is 10.00. The lowest BCUT2D eigenvalue weighted by Crippen LogP contribution is -2.63. The van der Waals surface area contributed by atoms with Crippen LogP contribution in [-0.4, -0.2) is 75.9 Å². The minimum atomic E-state index is -4.55. The summed E-state index contributed by atoms with van der Waals surface area (Å²) in [5.41, 5.74) is -0.837. The maximum absolute atomic E-state index is 13.6. The summed E-state index contributed by atoms with van der Waals surface area (Å²) in [6.07, 6.45) is -2.11. The number of hydroxylamine groups is 2. The van der Waals surface area contributed by atoms with Gasteiger partial charge in [-0.1, -0.05) is 17.7 Å². The fourth-order valence-corrected chi connectivity index (χ4v) is 5.80. The molecule has 4 heterocycles. The van der Waals surface area contributed by atoms with Crippen molar-refractivity contribution in [2.45, 2.75) is 43.1 Å². The Morgan fingerprint density at radius 1 is 1.21 bits per heavy atom. The zero-order valence-electron chi connectivity index (χ0n) is 18.3. The van der Waals surface area contributed by atoms with Crippen LogP contribution in [0.4, 0.5) is 9.59 Å². The number of aryl methyl sites for hydroxylation is 1. The highest BCUT2D eigenvalue weighted by Gasteiger charge is 2.72. The monoisotopic (exact) mass is 490 g/mol. The molecule has 180 valence electrons. The van der Waals surface area contributed by atoms with Crippen LogP contribution in [0.2, 0.25) is 0 Å². The largest absolute Gasteiger partial charge is 0.449 e. The standard InChI is InChI=1S/C21H22N4O8S/c1-3-32-20(29)24-18-21(11-14(26)12-23(21)17(27)16-5-4-10-22(16)18)25(19(24)28)33-34(30,31)15-8-6-13(2)7-9-15/h4-10,14,18,26H,3,11-12H2,1-2H3/t14-,18-,21+/m1/s1. The molecule has 0 bridgehead atoms. The first kappa shape index (κ1) is 22.4. The fraction of sp³-hybridized carbons (Fsp3) is 0.381. The highest BCUT2D eigenvalue weighted by Crippen LogP contribution is 2.53. The molecule has 0 saturated carbocycles. The molecule has 34 heavy (non-hydrogen) atoms. The van der Waals surface area contributed by atoms with Gasteiger partial charge in [0.2, 0.25) is 0 Å². The van der Waals surface area contributed by atoms with Gasteiger partial charge in [0.05, 0.1) is 17.6 Å². The molecule has 3 aliphatic rings. The third-order valence-corrected chi connectivity index (χ3v) is 7.43. The van der Waals surface area contributed by atoms with E-state index in [1.54, 1.807) is 32.0 Å². The summed E-state index contributed by atoms with van der Waals surface area (Å²) >= 11 is 0. The zero-order valence-corrected chi connectivity index (χ0v) is 19.1. The molecule has 1 N–H and O–H groups in total. The van der Waals surface area contributed by atoms with Crippen molar-refractivity contribution in [3.63, 3.8) is 0 Å². The van der Waals surface area contributed by atoms with E-state index < -0.39 is 46.1 Å². The molecule has 3 atom stereocenters. The Labute approximate surface area is 194 Å². The molecule has 1 spiro atoms. The smallest absolute Gasteiger partial charge is 0.419 e. The van der Waals surface area contributed by atoms with Crippen molar-refractivity contribution in [1.82, 2.24) is 19.4 Å². The molecule has 4 amide bonds. The Morgan fingerprint density at radius 2 is 1.91 bits per heavy atom. The van der Waals surface area contributed by atoms with Gasteiger partial charge in [-0.2, -0.15) is 13.5 Å². The number of carbonyl (C=O) groups is 3. The SMILES string of the molecule is CCOC(=O)N1C(=O)N(OS(=O)(=O)c2ccc(C)cc2)[C@]23C[C@@H](O)CN2C(=O)c2cccn2[C@H]13. The van der Waals surface area contributed by atoms with E-state index in [0.29, 0.717) is 5.06 Å². The second-order valence-corrected chi connectivity index (χ2v) is 9.84. The number of aliphatic hydroxyl groups excluding tert-OH is 1. The minimum Gasteiger partial charge on any atom is -0.449 e. The van der Waals surface area contributed by atoms with Crippen molar-refractivity contribution in [2.75, 3.05) is 13.2 Å². The van der Waals surface area contributed by atoms with E-state index in [0.717, 1.165) is 10.5 Å². The number of urea groups is 1. The molecule has 1 aromatic carbocycles. The van der Waals surface area contributed by atoms with Gasteiger partial charge in [-0.15, -0.1) is 4.28 Å². The number of amides is 4. The van der Waals surface area contributed by atoms with Crippen LogP contribution in [0.5, 0.6) is 0 Å². The van der Waals surface area contributed by atoms with Crippen LogP contribution in [0.25, 0.3) is 0 Å². The molecule has 2 saturated heterocycles. The molecule has 5 rings (SSSR count). The third kappa shape index (κ3) is 2.97. The first-order valence-corrected chi connectivity index (χ1v) is 12.0. The van der Waals surface area contributed by atoms with Gasteiger partial charge in [0.15, 0.2) is 11.8 Å². The Bertz CT molecular complexity index is 1290.